The van der Waals surface area contributed by atoms with Crippen LogP contribution in [0, 0.1) is 18.6 Å². The van der Waals surface area contributed by atoms with E-state index >= 15 is 0 Å². The average Bonchev–Trinajstić information content (AvgIpc) is 2.84. The van der Waals surface area contributed by atoms with Crippen LogP contribution in [0.1, 0.15) is 41.5 Å². The number of halogens is 2. The van der Waals surface area contributed by atoms with Gasteiger partial charge in [0.1, 0.15) is 17.3 Å². The van der Waals surface area contributed by atoms with Crippen LogP contribution >= 0.6 is 0 Å². The monoisotopic (exact) mass is 344 g/mol. The summed E-state index contributed by atoms with van der Waals surface area (Å²) in [5, 5.41) is 7.21. The minimum atomic E-state index is -0.828. The molecule has 2 heterocycles. The minimum absolute atomic E-state index is 0.0800. The summed E-state index contributed by atoms with van der Waals surface area (Å²) < 4.78 is 29.3. The molecule has 0 radical (unpaired) electrons. The number of rotatable bonds is 3. The highest BCUT2D eigenvalue weighted by Crippen LogP contribution is 2.26. The van der Waals surface area contributed by atoms with E-state index in [9.17, 15) is 13.6 Å². The Bertz CT molecular complexity index is 959. The highest BCUT2D eigenvalue weighted by molar-refractivity contribution is 6.12. The van der Waals surface area contributed by atoms with Crippen LogP contribution in [0.5, 0.6) is 0 Å². The summed E-state index contributed by atoms with van der Waals surface area (Å²) in [6.07, 6.45) is 0. The predicted molar refractivity (Wildman–Crippen MR) is 91.6 cm³/mol. The first-order chi connectivity index (χ1) is 11.8. The Morgan fingerprint density at radius 2 is 1.88 bits per heavy atom. The normalized spacial score (nSPS) is 11.3. The van der Waals surface area contributed by atoms with Crippen LogP contribution in [-0.2, 0) is 7.05 Å². The minimum Gasteiger partial charge on any atom is -0.317 e. The van der Waals surface area contributed by atoms with Gasteiger partial charge in [-0.15, -0.1) is 0 Å². The number of anilines is 1. The van der Waals surface area contributed by atoms with Gasteiger partial charge in [-0.2, -0.15) is 5.10 Å². The van der Waals surface area contributed by atoms with E-state index in [1.165, 1.54) is 6.07 Å². The molecule has 0 fully saturated rings. The quantitative estimate of drug-likeness (QED) is 0.783. The Balaban J connectivity index is 2.15. The number of fused-ring (bicyclic) bond motifs is 1. The van der Waals surface area contributed by atoms with Gasteiger partial charge in [0.2, 0.25) is 0 Å². The smallest absolute Gasteiger partial charge is 0.256 e. The van der Waals surface area contributed by atoms with Crippen molar-refractivity contribution in [2.45, 2.75) is 26.7 Å². The van der Waals surface area contributed by atoms with Gasteiger partial charge in [0.15, 0.2) is 5.65 Å². The molecule has 0 bridgehead atoms. The Kier molecular flexibility index (Phi) is 4.24. The van der Waals surface area contributed by atoms with E-state index in [1.54, 1.807) is 24.7 Å². The van der Waals surface area contributed by atoms with Gasteiger partial charge in [-0.1, -0.05) is 19.9 Å². The first-order valence-electron chi connectivity index (χ1n) is 7.89. The van der Waals surface area contributed by atoms with Gasteiger partial charge in [0, 0.05) is 12.7 Å². The van der Waals surface area contributed by atoms with Crippen molar-refractivity contribution < 1.29 is 13.6 Å². The van der Waals surface area contributed by atoms with Gasteiger partial charge in [0.25, 0.3) is 5.91 Å². The van der Waals surface area contributed by atoms with Crippen LogP contribution in [0.4, 0.5) is 14.5 Å². The van der Waals surface area contributed by atoms with E-state index in [0.717, 1.165) is 12.1 Å². The second-order valence-electron chi connectivity index (χ2n) is 6.21. The molecular weight excluding hydrogens is 326 g/mol. The first-order valence-corrected chi connectivity index (χ1v) is 7.89. The molecule has 130 valence electrons. The van der Waals surface area contributed by atoms with E-state index in [4.69, 9.17) is 0 Å². The molecule has 0 saturated carbocycles. The van der Waals surface area contributed by atoms with Crippen LogP contribution in [-0.4, -0.2) is 20.7 Å². The zero-order valence-corrected chi connectivity index (χ0v) is 14.4. The lowest BCUT2D eigenvalue weighted by Crippen LogP contribution is -2.16. The van der Waals surface area contributed by atoms with Crippen LogP contribution in [0.15, 0.2) is 24.3 Å². The zero-order valence-electron chi connectivity index (χ0n) is 14.4. The highest BCUT2D eigenvalue weighted by atomic mass is 19.1. The lowest BCUT2D eigenvalue weighted by Gasteiger charge is -2.11. The van der Waals surface area contributed by atoms with Crippen molar-refractivity contribution in [1.29, 1.82) is 0 Å². The molecule has 3 rings (SSSR count). The number of hydrogen-bond donors (Lipinski definition) is 1. The van der Waals surface area contributed by atoms with Crippen molar-refractivity contribution in [3.8, 4) is 0 Å². The highest BCUT2D eigenvalue weighted by Gasteiger charge is 2.21. The van der Waals surface area contributed by atoms with Crippen molar-refractivity contribution in [1.82, 2.24) is 14.8 Å². The summed E-state index contributed by atoms with van der Waals surface area (Å²) in [5.41, 5.74) is 1.71. The van der Waals surface area contributed by atoms with Crippen molar-refractivity contribution in [2.24, 2.45) is 7.05 Å². The fourth-order valence-electron chi connectivity index (χ4n) is 2.74. The molecule has 25 heavy (non-hydrogen) atoms. The Morgan fingerprint density at radius 3 is 2.48 bits per heavy atom. The average molecular weight is 344 g/mol. The number of aromatic nitrogens is 3. The van der Waals surface area contributed by atoms with Gasteiger partial charge in [0.05, 0.1) is 16.6 Å². The first kappa shape index (κ1) is 17.0. The molecule has 1 amide bonds. The maximum atomic E-state index is 13.8. The van der Waals surface area contributed by atoms with Crippen molar-refractivity contribution >= 4 is 22.6 Å². The number of carbonyl (C=O) groups excluding carboxylic acids is 1. The van der Waals surface area contributed by atoms with E-state index in [1.807, 2.05) is 13.8 Å². The second kappa shape index (κ2) is 6.23. The van der Waals surface area contributed by atoms with E-state index in [0.29, 0.717) is 28.0 Å². The summed E-state index contributed by atoms with van der Waals surface area (Å²) in [6.45, 7) is 5.67. The number of nitrogens with one attached hydrogen (secondary N) is 1. The predicted octanol–water partition coefficient (Wildman–Crippen LogP) is 3.93. The number of benzene rings is 1. The summed E-state index contributed by atoms with van der Waals surface area (Å²) in [7, 11) is 1.74. The van der Waals surface area contributed by atoms with Gasteiger partial charge >= 0.3 is 0 Å². The van der Waals surface area contributed by atoms with Gasteiger partial charge in [-0.25, -0.2) is 13.8 Å². The van der Waals surface area contributed by atoms with Crippen LogP contribution in [0.2, 0.25) is 0 Å². The summed E-state index contributed by atoms with van der Waals surface area (Å²) in [4.78, 5) is 17.3. The number of pyridine rings is 1. The third-order valence-electron chi connectivity index (χ3n) is 4.03. The van der Waals surface area contributed by atoms with Gasteiger partial charge < -0.3 is 5.32 Å². The second-order valence-corrected chi connectivity index (χ2v) is 6.21. The standard InChI is InChI=1S/C18H18F2N4O/c1-9(2)14-8-11(15-10(3)23-24(4)17(15)21-14)18(25)22-16-12(19)6-5-7-13(16)20/h5-9H,1-4H3,(H,22,25). The molecule has 5 nitrogen and oxygen atoms in total. The van der Waals surface area contributed by atoms with Gasteiger partial charge in [-0.05, 0) is 31.0 Å². The number of aryl methyl sites for hydroxylation is 2. The fourth-order valence-corrected chi connectivity index (χ4v) is 2.74. The van der Waals surface area contributed by atoms with E-state index < -0.39 is 23.2 Å². The largest absolute Gasteiger partial charge is 0.317 e. The molecule has 0 unspecified atom stereocenters. The molecule has 1 N–H and O–H groups in total. The SMILES string of the molecule is Cc1nn(C)c2nc(C(C)C)cc(C(=O)Nc3c(F)cccc3F)c12. The van der Waals surface area contributed by atoms with Crippen LogP contribution in [0.3, 0.4) is 0 Å². The van der Waals surface area contributed by atoms with Crippen molar-refractivity contribution in [3.05, 3.63) is 52.9 Å². The van der Waals surface area contributed by atoms with E-state index in [-0.39, 0.29) is 5.92 Å². The van der Waals surface area contributed by atoms with Gasteiger partial charge in [-0.3, -0.25) is 9.48 Å². The van der Waals surface area contributed by atoms with Crippen LogP contribution < -0.4 is 5.32 Å². The molecular formula is C18H18F2N4O. The number of carbonyl (C=O) groups is 1. The van der Waals surface area contributed by atoms with Crippen LogP contribution in [0.25, 0.3) is 11.0 Å². The summed E-state index contributed by atoms with van der Waals surface area (Å²) in [5.74, 6) is -2.18. The summed E-state index contributed by atoms with van der Waals surface area (Å²) >= 11 is 0. The van der Waals surface area contributed by atoms with Crippen molar-refractivity contribution in [3.63, 3.8) is 0 Å². The summed E-state index contributed by atoms with van der Waals surface area (Å²) in [6, 6.07) is 5.08. The maximum Gasteiger partial charge on any atom is 0.256 e. The Hall–Kier alpha value is -2.83. The number of nitrogens with zero attached hydrogens (tertiary/aromatic N) is 3. The Labute approximate surface area is 143 Å². The molecule has 3 aromatic rings. The molecule has 7 heteroatoms. The molecule has 0 aliphatic rings. The molecule has 1 aromatic carbocycles. The molecule has 0 saturated heterocycles. The fraction of sp³-hybridized carbons (Fsp3) is 0.278. The molecule has 0 aliphatic carbocycles. The number of hydrogen-bond acceptors (Lipinski definition) is 3. The molecule has 0 aliphatic heterocycles. The molecule has 0 atom stereocenters. The molecule has 2 aromatic heterocycles. The van der Waals surface area contributed by atoms with E-state index in [2.05, 4.69) is 15.4 Å². The number of amides is 1. The third kappa shape index (κ3) is 2.97. The lowest BCUT2D eigenvalue weighted by atomic mass is 10.0. The third-order valence-corrected chi connectivity index (χ3v) is 4.03. The Morgan fingerprint density at radius 1 is 1.24 bits per heavy atom. The lowest BCUT2D eigenvalue weighted by molar-refractivity contribution is 0.102. The zero-order chi connectivity index (χ0) is 18.3. The molecule has 0 spiro atoms. The maximum absolute atomic E-state index is 13.8. The number of para-hydroxylation sites is 1. The topological polar surface area (TPSA) is 59.8 Å². The van der Waals surface area contributed by atoms with Crippen molar-refractivity contribution in [2.75, 3.05) is 5.32 Å².